The fourth-order valence-electron chi connectivity index (χ4n) is 1.71. The Morgan fingerprint density at radius 1 is 1.21 bits per heavy atom. The van der Waals surface area contributed by atoms with Crippen LogP contribution in [0.4, 0.5) is 17.1 Å². The molecule has 0 saturated carbocycles. The molecule has 0 atom stereocenters. The molecule has 1 N–H and O–H groups in total. The third-order valence-electron chi connectivity index (χ3n) is 2.75. The van der Waals surface area contributed by atoms with Crippen molar-refractivity contribution in [2.24, 2.45) is 0 Å². The minimum atomic E-state index is -0.515. The number of nitrogens with zero attached hydrogens (tertiary/aromatic N) is 2. The largest absolute Gasteiger partial charge is 0.354 e. The average Bonchev–Trinajstić information content (AvgIpc) is 2.41. The highest BCUT2D eigenvalue weighted by Gasteiger charge is 2.11. The summed E-state index contributed by atoms with van der Waals surface area (Å²) in [5, 5.41) is 22.8. The van der Waals surface area contributed by atoms with E-state index in [1.54, 1.807) is 6.07 Å². The molecule has 5 heteroatoms. The van der Waals surface area contributed by atoms with Gasteiger partial charge in [-0.1, -0.05) is 18.2 Å². The molecule has 19 heavy (non-hydrogen) atoms. The number of non-ortho nitro benzene ring substituents is 1. The Balaban J connectivity index is 2.39. The number of rotatable bonds is 3. The molecule has 94 valence electrons. The van der Waals surface area contributed by atoms with Gasteiger partial charge in [-0.05, 0) is 24.6 Å². The van der Waals surface area contributed by atoms with Crippen LogP contribution in [-0.2, 0) is 0 Å². The van der Waals surface area contributed by atoms with Crippen molar-refractivity contribution in [3.8, 4) is 6.07 Å². The van der Waals surface area contributed by atoms with Gasteiger partial charge in [0.25, 0.3) is 5.69 Å². The van der Waals surface area contributed by atoms with E-state index >= 15 is 0 Å². The Kier molecular flexibility index (Phi) is 3.44. The molecule has 0 heterocycles. The Hall–Kier alpha value is -2.87. The molecule has 2 aromatic carbocycles. The lowest BCUT2D eigenvalue weighted by atomic mass is 10.1. The molecule has 5 nitrogen and oxygen atoms in total. The summed E-state index contributed by atoms with van der Waals surface area (Å²) in [6.07, 6.45) is 0. The highest BCUT2D eigenvalue weighted by molar-refractivity contribution is 5.70. The molecule has 0 bridgehead atoms. The van der Waals surface area contributed by atoms with Gasteiger partial charge < -0.3 is 5.32 Å². The molecule has 2 aromatic rings. The van der Waals surface area contributed by atoms with Gasteiger partial charge in [0.2, 0.25) is 0 Å². The van der Waals surface area contributed by atoms with E-state index in [1.807, 2.05) is 37.3 Å². The minimum absolute atomic E-state index is 0.0908. The van der Waals surface area contributed by atoms with Crippen molar-refractivity contribution in [1.29, 1.82) is 5.26 Å². The van der Waals surface area contributed by atoms with E-state index in [0.717, 1.165) is 11.3 Å². The lowest BCUT2D eigenvalue weighted by Gasteiger charge is -2.10. The van der Waals surface area contributed by atoms with E-state index in [2.05, 4.69) is 5.32 Å². The first-order valence-corrected chi connectivity index (χ1v) is 5.63. The lowest BCUT2D eigenvalue weighted by molar-refractivity contribution is -0.384. The summed E-state index contributed by atoms with van der Waals surface area (Å²) in [5.74, 6) is 0. The zero-order valence-electron chi connectivity index (χ0n) is 10.3. The standard InChI is InChI=1S/C14H11N3O2/c1-10-4-2-3-5-13(10)16-14-7-6-12(17(18)19)8-11(14)9-15/h2-8,16H,1H3. The number of nitro benzene ring substituents is 1. The molecule has 0 aliphatic carbocycles. The number of nitriles is 1. The van der Waals surface area contributed by atoms with E-state index < -0.39 is 4.92 Å². The van der Waals surface area contributed by atoms with Crippen molar-refractivity contribution in [1.82, 2.24) is 0 Å². The lowest BCUT2D eigenvalue weighted by Crippen LogP contribution is -1.97. The van der Waals surface area contributed by atoms with Gasteiger partial charge in [-0.3, -0.25) is 10.1 Å². The molecule has 0 fully saturated rings. The van der Waals surface area contributed by atoms with E-state index in [1.165, 1.54) is 12.1 Å². The number of hydrogen-bond donors (Lipinski definition) is 1. The van der Waals surface area contributed by atoms with Gasteiger partial charge in [0.1, 0.15) is 6.07 Å². The van der Waals surface area contributed by atoms with E-state index in [-0.39, 0.29) is 11.3 Å². The summed E-state index contributed by atoms with van der Waals surface area (Å²) < 4.78 is 0. The Morgan fingerprint density at radius 2 is 1.95 bits per heavy atom. The predicted molar refractivity (Wildman–Crippen MR) is 72.3 cm³/mol. The van der Waals surface area contributed by atoms with E-state index in [0.29, 0.717) is 5.69 Å². The Labute approximate surface area is 110 Å². The summed E-state index contributed by atoms with van der Waals surface area (Å²) in [6, 6.07) is 13.8. The van der Waals surface area contributed by atoms with Gasteiger partial charge in [-0.2, -0.15) is 5.26 Å². The summed E-state index contributed by atoms with van der Waals surface area (Å²) in [5.41, 5.74) is 2.62. The van der Waals surface area contributed by atoms with Crippen LogP contribution in [0.15, 0.2) is 42.5 Å². The quantitative estimate of drug-likeness (QED) is 0.670. The fourth-order valence-corrected chi connectivity index (χ4v) is 1.71. The molecule has 0 spiro atoms. The first-order valence-electron chi connectivity index (χ1n) is 5.63. The molecule has 0 unspecified atom stereocenters. The van der Waals surface area contributed by atoms with Crippen molar-refractivity contribution < 1.29 is 4.92 Å². The van der Waals surface area contributed by atoms with Crippen molar-refractivity contribution in [3.63, 3.8) is 0 Å². The second kappa shape index (κ2) is 5.19. The molecule has 0 saturated heterocycles. The molecule has 0 aromatic heterocycles. The second-order valence-electron chi connectivity index (χ2n) is 4.04. The number of hydrogen-bond acceptors (Lipinski definition) is 4. The Morgan fingerprint density at radius 3 is 2.58 bits per heavy atom. The zero-order valence-corrected chi connectivity index (χ0v) is 10.3. The number of anilines is 2. The fraction of sp³-hybridized carbons (Fsp3) is 0.0714. The first kappa shape index (κ1) is 12.6. The highest BCUT2D eigenvalue weighted by Crippen LogP contribution is 2.26. The third-order valence-corrected chi connectivity index (χ3v) is 2.75. The van der Waals surface area contributed by atoms with Gasteiger partial charge in [0.15, 0.2) is 0 Å². The summed E-state index contributed by atoms with van der Waals surface area (Å²) >= 11 is 0. The minimum Gasteiger partial charge on any atom is -0.354 e. The predicted octanol–water partition coefficient (Wildman–Crippen LogP) is 3.52. The molecule has 0 aliphatic rings. The molecular formula is C14H11N3O2. The van der Waals surface area contributed by atoms with Crippen LogP contribution in [0.3, 0.4) is 0 Å². The maximum atomic E-state index is 10.7. The van der Waals surface area contributed by atoms with Crippen LogP contribution in [-0.4, -0.2) is 4.92 Å². The van der Waals surface area contributed by atoms with Crippen LogP contribution < -0.4 is 5.32 Å². The summed E-state index contributed by atoms with van der Waals surface area (Å²) in [7, 11) is 0. The van der Waals surface area contributed by atoms with Gasteiger partial charge in [0.05, 0.1) is 16.2 Å². The zero-order chi connectivity index (χ0) is 13.8. The Bertz CT molecular complexity index is 675. The van der Waals surface area contributed by atoms with Gasteiger partial charge in [0, 0.05) is 17.8 Å². The van der Waals surface area contributed by atoms with Crippen LogP contribution >= 0.6 is 0 Å². The topological polar surface area (TPSA) is 79.0 Å². The average molecular weight is 253 g/mol. The molecule has 0 radical (unpaired) electrons. The molecular weight excluding hydrogens is 242 g/mol. The number of nitrogens with one attached hydrogen (secondary N) is 1. The van der Waals surface area contributed by atoms with Gasteiger partial charge in [-0.15, -0.1) is 0 Å². The van der Waals surface area contributed by atoms with E-state index in [9.17, 15) is 10.1 Å². The smallest absolute Gasteiger partial charge is 0.270 e. The van der Waals surface area contributed by atoms with E-state index in [4.69, 9.17) is 5.26 Å². The van der Waals surface area contributed by atoms with Gasteiger partial charge in [-0.25, -0.2) is 0 Å². The number of nitro groups is 1. The van der Waals surface area contributed by atoms with Crippen molar-refractivity contribution >= 4 is 17.1 Å². The number of para-hydroxylation sites is 1. The van der Waals surface area contributed by atoms with Crippen molar-refractivity contribution in [2.45, 2.75) is 6.92 Å². The van der Waals surface area contributed by atoms with Gasteiger partial charge >= 0.3 is 0 Å². The van der Waals surface area contributed by atoms with Crippen molar-refractivity contribution in [3.05, 3.63) is 63.7 Å². The van der Waals surface area contributed by atoms with Crippen LogP contribution in [0.5, 0.6) is 0 Å². The summed E-state index contributed by atoms with van der Waals surface area (Å²) in [6.45, 7) is 1.94. The first-order chi connectivity index (χ1) is 9.11. The van der Waals surface area contributed by atoms with Crippen LogP contribution in [0.25, 0.3) is 0 Å². The van der Waals surface area contributed by atoms with Crippen molar-refractivity contribution in [2.75, 3.05) is 5.32 Å². The molecule has 0 amide bonds. The maximum absolute atomic E-state index is 10.7. The molecule has 2 rings (SSSR count). The highest BCUT2D eigenvalue weighted by atomic mass is 16.6. The van der Waals surface area contributed by atoms with Crippen LogP contribution in [0, 0.1) is 28.4 Å². The van der Waals surface area contributed by atoms with Crippen LogP contribution in [0.2, 0.25) is 0 Å². The maximum Gasteiger partial charge on any atom is 0.270 e. The number of aryl methyl sites for hydroxylation is 1. The SMILES string of the molecule is Cc1ccccc1Nc1ccc([N+](=O)[O-])cc1C#N. The second-order valence-corrected chi connectivity index (χ2v) is 4.04. The molecule has 0 aliphatic heterocycles. The summed E-state index contributed by atoms with van der Waals surface area (Å²) in [4.78, 5) is 10.2. The number of benzene rings is 2. The third kappa shape index (κ3) is 2.69. The monoisotopic (exact) mass is 253 g/mol. The normalized spacial score (nSPS) is 9.68. The van der Waals surface area contributed by atoms with Crippen LogP contribution in [0.1, 0.15) is 11.1 Å².